The van der Waals surface area contributed by atoms with Gasteiger partial charge in [-0.1, -0.05) is 24.3 Å². The SMILES string of the molecule is CC(NC(C)(C)C)c1ccc(-c2cc[nH]c2)cc1. The summed E-state index contributed by atoms with van der Waals surface area (Å²) in [6, 6.07) is 11.2. The fraction of sp³-hybridized carbons (Fsp3) is 0.375. The second kappa shape index (κ2) is 4.99. The molecule has 0 spiro atoms. The minimum Gasteiger partial charge on any atom is -0.367 e. The maximum Gasteiger partial charge on any atom is 0.0296 e. The van der Waals surface area contributed by atoms with Gasteiger partial charge in [-0.25, -0.2) is 0 Å². The first-order valence-electron chi connectivity index (χ1n) is 6.46. The van der Waals surface area contributed by atoms with Crippen LogP contribution >= 0.6 is 0 Å². The van der Waals surface area contributed by atoms with Crippen molar-refractivity contribution in [3.63, 3.8) is 0 Å². The second-order valence-electron chi connectivity index (χ2n) is 5.84. The van der Waals surface area contributed by atoms with E-state index in [1.165, 1.54) is 16.7 Å². The van der Waals surface area contributed by atoms with Gasteiger partial charge in [0.05, 0.1) is 0 Å². The molecule has 0 fully saturated rings. The van der Waals surface area contributed by atoms with E-state index in [1.807, 2.05) is 12.4 Å². The van der Waals surface area contributed by atoms with Crippen LogP contribution in [0.15, 0.2) is 42.7 Å². The molecule has 2 heteroatoms. The quantitative estimate of drug-likeness (QED) is 0.832. The van der Waals surface area contributed by atoms with Crippen molar-refractivity contribution in [2.45, 2.75) is 39.3 Å². The highest BCUT2D eigenvalue weighted by atomic mass is 15.0. The summed E-state index contributed by atoms with van der Waals surface area (Å²) >= 11 is 0. The first kappa shape index (κ1) is 12.9. The Labute approximate surface area is 109 Å². The lowest BCUT2D eigenvalue weighted by atomic mass is 10.0. The lowest BCUT2D eigenvalue weighted by Crippen LogP contribution is -2.37. The highest BCUT2D eigenvalue weighted by molar-refractivity contribution is 5.62. The van der Waals surface area contributed by atoms with Crippen molar-refractivity contribution in [2.75, 3.05) is 0 Å². The normalized spacial score (nSPS) is 13.6. The van der Waals surface area contributed by atoms with Crippen LogP contribution in [0.2, 0.25) is 0 Å². The van der Waals surface area contributed by atoms with E-state index >= 15 is 0 Å². The predicted molar refractivity (Wildman–Crippen MR) is 77.5 cm³/mol. The molecule has 2 aromatic rings. The van der Waals surface area contributed by atoms with Crippen molar-refractivity contribution >= 4 is 0 Å². The maximum absolute atomic E-state index is 3.58. The van der Waals surface area contributed by atoms with Crippen molar-refractivity contribution in [3.05, 3.63) is 48.3 Å². The lowest BCUT2D eigenvalue weighted by molar-refractivity contribution is 0.378. The number of hydrogen-bond donors (Lipinski definition) is 2. The molecule has 2 rings (SSSR count). The van der Waals surface area contributed by atoms with Gasteiger partial charge in [-0.3, -0.25) is 0 Å². The standard InChI is InChI=1S/C16H22N2/c1-12(18-16(2,3)4)13-5-7-14(8-6-13)15-9-10-17-11-15/h5-12,17-18H,1-4H3. The van der Waals surface area contributed by atoms with Gasteiger partial charge in [0.1, 0.15) is 0 Å². The molecular weight excluding hydrogens is 220 g/mol. The van der Waals surface area contributed by atoms with Crippen molar-refractivity contribution < 1.29 is 0 Å². The molecule has 1 aromatic heterocycles. The fourth-order valence-electron chi connectivity index (χ4n) is 2.20. The van der Waals surface area contributed by atoms with Gasteiger partial charge in [-0.2, -0.15) is 0 Å². The molecule has 0 amide bonds. The summed E-state index contributed by atoms with van der Waals surface area (Å²) in [4.78, 5) is 3.08. The minimum absolute atomic E-state index is 0.138. The molecule has 2 nitrogen and oxygen atoms in total. The Balaban J connectivity index is 2.13. The maximum atomic E-state index is 3.58. The molecule has 0 saturated heterocycles. The van der Waals surface area contributed by atoms with Crippen molar-refractivity contribution in [1.82, 2.24) is 10.3 Å². The number of aromatic amines is 1. The molecule has 96 valence electrons. The van der Waals surface area contributed by atoms with Crippen molar-refractivity contribution in [3.8, 4) is 11.1 Å². The summed E-state index contributed by atoms with van der Waals surface area (Å²) in [5.74, 6) is 0. The Hall–Kier alpha value is -1.54. The van der Waals surface area contributed by atoms with E-state index in [4.69, 9.17) is 0 Å². The zero-order valence-corrected chi connectivity index (χ0v) is 11.6. The van der Waals surface area contributed by atoms with Gasteiger partial charge in [0.2, 0.25) is 0 Å². The number of H-pyrrole nitrogens is 1. The van der Waals surface area contributed by atoms with Crippen LogP contribution < -0.4 is 5.32 Å². The summed E-state index contributed by atoms with van der Waals surface area (Å²) in [5, 5.41) is 3.58. The molecule has 18 heavy (non-hydrogen) atoms. The highest BCUT2D eigenvalue weighted by Gasteiger charge is 2.14. The van der Waals surface area contributed by atoms with Gasteiger partial charge in [0.15, 0.2) is 0 Å². The highest BCUT2D eigenvalue weighted by Crippen LogP contribution is 2.22. The van der Waals surface area contributed by atoms with Crippen LogP contribution in [0.25, 0.3) is 11.1 Å². The van der Waals surface area contributed by atoms with Gasteiger partial charge in [-0.15, -0.1) is 0 Å². The van der Waals surface area contributed by atoms with Crippen LogP contribution in [0, 0.1) is 0 Å². The average molecular weight is 242 g/mol. The van der Waals surface area contributed by atoms with E-state index in [-0.39, 0.29) is 5.54 Å². The zero-order chi connectivity index (χ0) is 13.2. The number of benzene rings is 1. The lowest BCUT2D eigenvalue weighted by Gasteiger charge is -2.26. The molecule has 1 heterocycles. The zero-order valence-electron chi connectivity index (χ0n) is 11.6. The smallest absolute Gasteiger partial charge is 0.0296 e. The number of aromatic nitrogens is 1. The van der Waals surface area contributed by atoms with E-state index in [1.54, 1.807) is 0 Å². The Kier molecular flexibility index (Phi) is 3.58. The molecule has 0 radical (unpaired) electrons. The van der Waals surface area contributed by atoms with Crippen molar-refractivity contribution in [2.24, 2.45) is 0 Å². The average Bonchev–Trinajstić information content (AvgIpc) is 2.80. The number of rotatable bonds is 3. The Bertz CT molecular complexity index is 475. The molecule has 0 saturated carbocycles. The van der Waals surface area contributed by atoms with Crippen LogP contribution in [0.5, 0.6) is 0 Å². The second-order valence-corrected chi connectivity index (χ2v) is 5.84. The monoisotopic (exact) mass is 242 g/mol. The van der Waals surface area contributed by atoms with E-state index in [9.17, 15) is 0 Å². The topological polar surface area (TPSA) is 27.8 Å². The van der Waals surface area contributed by atoms with Gasteiger partial charge in [0.25, 0.3) is 0 Å². The Morgan fingerprint density at radius 3 is 2.17 bits per heavy atom. The first-order valence-corrected chi connectivity index (χ1v) is 6.46. The van der Waals surface area contributed by atoms with Crippen LogP contribution in [0.4, 0.5) is 0 Å². The van der Waals surface area contributed by atoms with E-state index in [2.05, 4.69) is 68.3 Å². The van der Waals surface area contributed by atoms with E-state index in [0.29, 0.717) is 6.04 Å². The number of nitrogens with one attached hydrogen (secondary N) is 2. The van der Waals surface area contributed by atoms with Crippen LogP contribution in [0.3, 0.4) is 0 Å². The summed E-state index contributed by atoms with van der Waals surface area (Å²) in [6.07, 6.45) is 3.97. The molecular formula is C16H22N2. The third kappa shape index (κ3) is 3.23. The molecule has 0 bridgehead atoms. The van der Waals surface area contributed by atoms with Crippen LogP contribution in [-0.4, -0.2) is 10.5 Å². The predicted octanol–water partition coefficient (Wildman–Crippen LogP) is 4.13. The third-order valence-corrected chi connectivity index (χ3v) is 2.99. The molecule has 0 aliphatic carbocycles. The molecule has 1 aromatic carbocycles. The summed E-state index contributed by atoms with van der Waals surface area (Å²) in [7, 11) is 0. The van der Waals surface area contributed by atoms with E-state index in [0.717, 1.165) is 0 Å². The van der Waals surface area contributed by atoms with E-state index < -0.39 is 0 Å². The summed E-state index contributed by atoms with van der Waals surface area (Å²) in [5.41, 5.74) is 3.95. The Morgan fingerprint density at radius 2 is 1.67 bits per heavy atom. The summed E-state index contributed by atoms with van der Waals surface area (Å²) < 4.78 is 0. The third-order valence-electron chi connectivity index (χ3n) is 2.99. The molecule has 2 N–H and O–H groups in total. The van der Waals surface area contributed by atoms with Crippen LogP contribution in [0.1, 0.15) is 39.3 Å². The fourth-order valence-corrected chi connectivity index (χ4v) is 2.20. The molecule has 0 aliphatic heterocycles. The number of hydrogen-bond acceptors (Lipinski definition) is 1. The van der Waals surface area contributed by atoms with Gasteiger partial charge < -0.3 is 10.3 Å². The van der Waals surface area contributed by atoms with Gasteiger partial charge >= 0.3 is 0 Å². The molecule has 1 unspecified atom stereocenters. The van der Waals surface area contributed by atoms with Crippen molar-refractivity contribution in [1.29, 1.82) is 0 Å². The minimum atomic E-state index is 0.138. The van der Waals surface area contributed by atoms with Gasteiger partial charge in [0, 0.05) is 24.0 Å². The first-order chi connectivity index (χ1) is 8.46. The van der Waals surface area contributed by atoms with Crippen LogP contribution in [-0.2, 0) is 0 Å². The molecule has 0 aliphatic rings. The van der Waals surface area contributed by atoms with Gasteiger partial charge in [-0.05, 0) is 50.5 Å². The Morgan fingerprint density at radius 1 is 1.00 bits per heavy atom. The molecule has 1 atom stereocenters. The largest absolute Gasteiger partial charge is 0.367 e. The summed E-state index contributed by atoms with van der Waals surface area (Å²) in [6.45, 7) is 8.78.